The van der Waals surface area contributed by atoms with E-state index < -0.39 is 0 Å². The van der Waals surface area contributed by atoms with Crippen molar-refractivity contribution in [3.63, 3.8) is 0 Å². The molecule has 0 saturated heterocycles. The molecule has 0 bridgehead atoms. The van der Waals surface area contributed by atoms with Crippen molar-refractivity contribution in [3.05, 3.63) is 23.9 Å². The van der Waals surface area contributed by atoms with Crippen molar-refractivity contribution in [2.75, 3.05) is 18.9 Å². The maximum absolute atomic E-state index is 5.63. The molecule has 0 atom stereocenters. The Labute approximate surface area is 70.1 Å². The van der Waals surface area contributed by atoms with Crippen molar-refractivity contribution in [1.29, 1.82) is 0 Å². The van der Waals surface area contributed by atoms with Gasteiger partial charge in [0.15, 0.2) is 0 Å². The number of anilines is 1. The fraction of sp³-hybridized carbons (Fsp3) is 0.250. The van der Waals surface area contributed by atoms with E-state index >= 15 is 0 Å². The molecule has 4 heteroatoms. The number of nitrogen functional groups attached to an aromatic ring is 1. The van der Waals surface area contributed by atoms with Crippen LogP contribution in [0.4, 0.5) is 5.82 Å². The summed E-state index contributed by atoms with van der Waals surface area (Å²) < 4.78 is 5.25. The van der Waals surface area contributed by atoms with Crippen molar-refractivity contribution in [2.24, 2.45) is 4.99 Å². The van der Waals surface area contributed by atoms with Crippen molar-refractivity contribution in [2.45, 2.75) is 0 Å². The molecule has 62 valence electrons. The number of pyridine rings is 1. The van der Waals surface area contributed by atoms with E-state index in [0.717, 1.165) is 5.56 Å². The molecule has 0 radical (unpaired) electrons. The van der Waals surface area contributed by atoms with Gasteiger partial charge in [0, 0.05) is 6.20 Å². The quantitative estimate of drug-likeness (QED) is 0.653. The minimum Gasteiger partial charge on any atom is -0.475 e. The van der Waals surface area contributed by atoms with Gasteiger partial charge in [0.2, 0.25) is 5.90 Å². The normalized spacial score (nSPS) is 15.5. The van der Waals surface area contributed by atoms with Gasteiger partial charge in [-0.3, -0.25) is 0 Å². The molecule has 0 amide bonds. The van der Waals surface area contributed by atoms with Gasteiger partial charge in [-0.05, 0) is 12.1 Å². The number of aliphatic imine (C=N–C) groups is 1. The molecule has 1 aliphatic rings. The van der Waals surface area contributed by atoms with Crippen LogP contribution in [0.1, 0.15) is 5.56 Å². The molecule has 0 fully saturated rings. The van der Waals surface area contributed by atoms with Gasteiger partial charge < -0.3 is 10.5 Å². The maximum atomic E-state index is 5.63. The predicted molar refractivity (Wildman–Crippen MR) is 46.0 cm³/mol. The maximum Gasteiger partial charge on any atom is 0.220 e. The lowest BCUT2D eigenvalue weighted by atomic mass is 10.2. The minimum atomic E-state index is 0.471. The molecule has 0 spiro atoms. The molecule has 1 aromatic rings. The van der Waals surface area contributed by atoms with Crippen molar-refractivity contribution in [1.82, 2.24) is 4.98 Å². The van der Waals surface area contributed by atoms with Gasteiger partial charge in [-0.15, -0.1) is 0 Å². The number of nitrogens with zero attached hydrogens (tertiary/aromatic N) is 2. The lowest BCUT2D eigenvalue weighted by Gasteiger charge is -2.02. The van der Waals surface area contributed by atoms with E-state index in [1.807, 2.05) is 12.1 Å². The molecule has 12 heavy (non-hydrogen) atoms. The third-order valence-corrected chi connectivity index (χ3v) is 1.65. The predicted octanol–water partition coefficient (Wildman–Crippen LogP) is 0.441. The Bertz CT molecular complexity index is 322. The number of hydrogen-bond acceptors (Lipinski definition) is 4. The van der Waals surface area contributed by atoms with Crippen LogP contribution in [0, 0.1) is 0 Å². The van der Waals surface area contributed by atoms with E-state index in [1.165, 1.54) is 0 Å². The lowest BCUT2D eigenvalue weighted by Crippen LogP contribution is -2.06. The SMILES string of the molecule is Nc1ncccc1C1=NCCO1. The number of rotatable bonds is 1. The van der Waals surface area contributed by atoms with Crippen LogP contribution in [0.5, 0.6) is 0 Å². The molecule has 2 N–H and O–H groups in total. The van der Waals surface area contributed by atoms with Crippen LogP contribution < -0.4 is 5.73 Å². The second-order valence-corrected chi connectivity index (χ2v) is 2.47. The highest BCUT2D eigenvalue weighted by atomic mass is 16.5. The second-order valence-electron chi connectivity index (χ2n) is 2.47. The molecule has 1 aromatic heterocycles. The van der Waals surface area contributed by atoms with E-state index in [4.69, 9.17) is 10.5 Å². The highest BCUT2D eigenvalue weighted by Crippen LogP contribution is 2.12. The fourth-order valence-electron chi connectivity index (χ4n) is 1.10. The van der Waals surface area contributed by atoms with Crippen LogP contribution in [-0.2, 0) is 4.74 Å². The largest absolute Gasteiger partial charge is 0.475 e. The van der Waals surface area contributed by atoms with Gasteiger partial charge >= 0.3 is 0 Å². The van der Waals surface area contributed by atoms with E-state index in [-0.39, 0.29) is 0 Å². The number of aromatic nitrogens is 1. The smallest absolute Gasteiger partial charge is 0.220 e. The molecule has 0 saturated carbocycles. The Morgan fingerprint density at radius 1 is 1.50 bits per heavy atom. The summed E-state index contributed by atoms with van der Waals surface area (Å²) in [5.41, 5.74) is 6.42. The Morgan fingerprint density at radius 2 is 2.42 bits per heavy atom. The van der Waals surface area contributed by atoms with Gasteiger partial charge in [-0.2, -0.15) is 0 Å². The first-order valence-corrected chi connectivity index (χ1v) is 3.76. The highest BCUT2D eigenvalue weighted by molar-refractivity contribution is 5.98. The Morgan fingerprint density at radius 3 is 3.08 bits per heavy atom. The van der Waals surface area contributed by atoms with Crippen LogP contribution in [0.3, 0.4) is 0 Å². The zero-order chi connectivity index (χ0) is 8.39. The Hall–Kier alpha value is -1.58. The Kier molecular flexibility index (Phi) is 1.66. The van der Waals surface area contributed by atoms with Crippen LogP contribution in [-0.4, -0.2) is 24.0 Å². The van der Waals surface area contributed by atoms with Crippen LogP contribution in [0.2, 0.25) is 0 Å². The summed E-state index contributed by atoms with van der Waals surface area (Å²) in [6.07, 6.45) is 1.65. The van der Waals surface area contributed by atoms with E-state index in [2.05, 4.69) is 9.98 Å². The molecule has 4 nitrogen and oxygen atoms in total. The highest BCUT2D eigenvalue weighted by Gasteiger charge is 2.12. The van der Waals surface area contributed by atoms with E-state index in [9.17, 15) is 0 Å². The topological polar surface area (TPSA) is 60.5 Å². The van der Waals surface area contributed by atoms with Crippen molar-refractivity contribution < 1.29 is 4.74 Å². The third-order valence-electron chi connectivity index (χ3n) is 1.65. The second kappa shape index (κ2) is 2.81. The first kappa shape index (κ1) is 7.09. The molecule has 2 heterocycles. The van der Waals surface area contributed by atoms with Crippen molar-refractivity contribution in [3.8, 4) is 0 Å². The summed E-state index contributed by atoms with van der Waals surface area (Å²) in [6.45, 7) is 1.35. The zero-order valence-electron chi connectivity index (χ0n) is 6.53. The molecule has 0 aliphatic carbocycles. The summed E-state index contributed by atoms with van der Waals surface area (Å²) >= 11 is 0. The van der Waals surface area contributed by atoms with Gasteiger partial charge in [0.25, 0.3) is 0 Å². The van der Waals surface area contributed by atoms with Gasteiger partial charge in [0.1, 0.15) is 12.4 Å². The van der Waals surface area contributed by atoms with Gasteiger partial charge in [-0.25, -0.2) is 9.98 Å². The van der Waals surface area contributed by atoms with Gasteiger partial charge in [0.05, 0.1) is 12.1 Å². The zero-order valence-corrected chi connectivity index (χ0v) is 6.53. The van der Waals surface area contributed by atoms with Crippen molar-refractivity contribution >= 4 is 11.7 Å². The molecule has 2 rings (SSSR count). The number of ether oxygens (including phenoxy) is 1. The summed E-state index contributed by atoms with van der Waals surface area (Å²) in [6, 6.07) is 3.67. The molecular weight excluding hydrogens is 154 g/mol. The first-order valence-electron chi connectivity index (χ1n) is 3.76. The third kappa shape index (κ3) is 1.11. The number of nitrogens with two attached hydrogens (primary N) is 1. The lowest BCUT2D eigenvalue weighted by molar-refractivity contribution is 0.348. The van der Waals surface area contributed by atoms with Crippen LogP contribution in [0.25, 0.3) is 0 Å². The molecule has 0 unspecified atom stereocenters. The average Bonchev–Trinajstić information content (AvgIpc) is 2.57. The molecular formula is C8H9N3O. The summed E-state index contributed by atoms with van der Waals surface area (Å²) in [7, 11) is 0. The monoisotopic (exact) mass is 163 g/mol. The Balaban J connectivity index is 2.39. The molecule has 1 aliphatic heterocycles. The summed E-state index contributed by atoms with van der Waals surface area (Å²) in [5, 5.41) is 0. The fourth-order valence-corrected chi connectivity index (χ4v) is 1.10. The summed E-state index contributed by atoms with van der Waals surface area (Å²) in [4.78, 5) is 8.08. The number of hydrogen-bond donors (Lipinski definition) is 1. The minimum absolute atomic E-state index is 0.471. The van der Waals surface area contributed by atoms with Crippen LogP contribution >= 0.6 is 0 Å². The molecule has 0 aromatic carbocycles. The standard InChI is InChI=1S/C8H9N3O/c9-7-6(2-1-3-10-7)8-11-4-5-12-8/h1-3H,4-5H2,(H2,9,10). The van der Waals surface area contributed by atoms with E-state index in [0.29, 0.717) is 24.9 Å². The van der Waals surface area contributed by atoms with Crippen LogP contribution in [0.15, 0.2) is 23.3 Å². The van der Waals surface area contributed by atoms with E-state index in [1.54, 1.807) is 6.20 Å². The average molecular weight is 163 g/mol. The van der Waals surface area contributed by atoms with Gasteiger partial charge in [-0.1, -0.05) is 0 Å². The summed E-state index contributed by atoms with van der Waals surface area (Å²) in [5.74, 6) is 1.08. The first-order chi connectivity index (χ1) is 5.88.